The number of hydrogen-bond donors (Lipinski definition) is 2. The van der Waals surface area contributed by atoms with Crippen LogP contribution in [-0.2, 0) is 11.3 Å². The second-order valence-electron chi connectivity index (χ2n) is 5.56. The summed E-state index contributed by atoms with van der Waals surface area (Å²) in [4.78, 5) is 19.1. The van der Waals surface area contributed by atoms with Crippen molar-refractivity contribution in [3.8, 4) is 0 Å². The minimum Gasteiger partial charge on any atom is -0.450 e. The second kappa shape index (κ2) is 8.76. The van der Waals surface area contributed by atoms with Gasteiger partial charge in [0.1, 0.15) is 0 Å². The van der Waals surface area contributed by atoms with Crippen LogP contribution in [0, 0.1) is 6.92 Å². The number of carbonyl (C=O) groups is 1. The molecule has 2 N–H and O–H groups in total. The van der Waals surface area contributed by atoms with Crippen LogP contribution in [0.1, 0.15) is 30.2 Å². The molecule has 1 aliphatic heterocycles. The number of aliphatic imine (C=N–C) groups is 1. The molecular formula is C16H26N4O2S. The first-order valence-corrected chi connectivity index (χ1v) is 8.93. The van der Waals surface area contributed by atoms with Gasteiger partial charge in [0, 0.05) is 31.1 Å². The predicted octanol–water partition coefficient (Wildman–Crippen LogP) is 2.34. The van der Waals surface area contributed by atoms with Gasteiger partial charge in [-0.2, -0.15) is 0 Å². The molecule has 1 amide bonds. The molecule has 0 spiro atoms. The number of hydrogen-bond acceptors (Lipinski definition) is 4. The molecule has 128 valence electrons. The summed E-state index contributed by atoms with van der Waals surface area (Å²) >= 11 is 1.75. The molecular weight excluding hydrogens is 312 g/mol. The Balaban J connectivity index is 1.75. The van der Waals surface area contributed by atoms with Crippen LogP contribution >= 0.6 is 11.3 Å². The van der Waals surface area contributed by atoms with Crippen LogP contribution in [0.2, 0.25) is 0 Å². The Morgan fingerprint density at radius 3 is 2.78 bits per heavy atom. The van der Waals surface area contributed by atoms with Gasteiger partial charge in [-0.15, -0.1) is 11.3 Å². The highest BCUT2D eigenvalue weighted by Crippen LogP contribution is 2.15. The van der Waals surface area contributed by atoms with Crippen LogP contribution in [0.4, 0.5) is 4.79 Å². The van der Waals surface area contributed by atoms with E-state index in [2.05, 4.69) is 34.0 Å². The van der Waals surface area contributed by atoms with Crippen LogP contribution < -0.4 is 10.6 Å². The van der Waals surface area contributed by atoms with Gasteiger partial charge in [-0.05, 0) is 43.7 Å². The largest absolute Gasteiger partial charge is 0.450 e. The van der Waals surface area contributed by atoms with E-state index in [1.807, 2.05) is 6.92 Å². The topological polar surface area (TPSA) is 66.0 Å². The summed E-state index contributed by atoms with van der Waals surface area (Å²) < 4.78 is 5.04. The highest BCUT2D eigenvalue weighted by molar-refractivity contribution is 7.10. The molecule has 1 saturated heterocycles. The first kappa shape index (κ1) is 17.6. The zero-order valence-electron chi connectivity index (χ0n) is 14.1. The molecule has 0 atom stereocenters. The zero-order chi connectivity index (χ0) is 16.7. The summed E-state index contributed by atoms with van der Waals surface area (Å²) in [7, 11) is 1.78. The Morgan fingerprint density at radius 2 is 2.22 bits per heavy atom. The number of carbonyl (C=O) groups excluding carboxylic acids is 1. The predicted molar refractivity (Wildman–Crippen MR) is 94.0 cm³/mol. The summed E-state index contributed by atoms with van der Waals surface area (Å²) in [6, 6.07) is 2.46. The maximum atomic E-state index is 11.7. The second-order valence-corrected chi connectivity index (χ2v) is 6.56. The Kier molecular flexibility index (Phi) is 6.70. The molecule has 1 aliphatic rings. The SMILES string of the molecule is CCOC(=O)N1CCC(NC(=NC)NCc2sccc2C)CC1. The molecule has 2 rings (SSSR count). The quantitative estimate of drug-likeness (QED) is 0.653. The summed E-state index contributed by atoms with van der Waals surface area (Å²) in [5.74, 6) is 0.812. The summed E-state index contributed by atoms with van der Waals surface area (Å²) in [5, 5.41) is 8.91. The van der Waals surface area contributed by atoms with Crippen molar-refractivity contribution in [3.63, 3.8) is 0 Å². The smallest absolute Gasteiger partial charge is 0.409 e. The van der Waals surface area contributed by atoms with E-state index in [-0.39, 0.29) is 6.09 Å². The third-order valence-electron chi connectivity index (χ3n) is 3.97. The van der Waals surface area contributed by atoms with Gasteiger partial charge < -0.3 is 20.3 Å². The van der Waals surface area contributed by atoms with Gasteiger partial charge in [0.2, 0.25) is 0 Å². The van der Waals surface area contributed by atoms with Crippen molar-refractivity contribution in [2.24, 2.45) is 4.99 Å². The molecule has 6 nitrogen and oxygen atoms in total. The van der Waals surface area contributed by atoms with E-state index >= 15 is 0 Å². The number of thiophene rings is 1. The highest BCUT2D eigenvalue weighted by atomic mass is 32.1. The van der Waals surface area contributed by atoms with Crippen molar-refractivity contribution in [1.29, 1.82) is 0 Å². The minimum atomic E-state index is -0.207. The van der Waals surface area contributed by atoms with Crippen LogP contribution in [0.25, 0.3) is 0 Å². The Bertz CT molecular complexity index is 536. The number of nitrogens with zero attached hydrogens (tertiary/aromatic N) is 2. The number of likely N-dealkylation sites (tertiary alicyclic amines) is 1. The molecule has 1 fully saturated rings. The van der Waals surface area contributed by atoms with Gasteiger partial charge in [-0.3, -0.25) is 4.99 Å². The highest BCUT2D eigenvalue weighted by Gasteiger charge is 2.24. The van der Waals surface area contributed by atoms with Crippen LogP contribution in [0.3, 0.4) is 0 Å². The third-order valence-corrected chi connectivity index (χ3v) is 4.99. The molecule has 0 bridgehead atoms. The van der Waals surface area contributed by atoms with Crippen LogP contribution in [0.15, 0.2) is 16.4 Å². The van der Waals surface area contributed by atoms with Gasteiger partial charge >= 0.3 is 6.09 Å². The van der Waals surface area contributed by atoms with E-state index in [0.717, 1.165) is 38.4 Å². The first-order chi connectivity index (χ1) is 11.1. The number of nitrogens with one attached hydrogen (secondary N) is 2. The molecule has 0 saturated carbocycles. The number of rotatable bonds is 4. The van der Waals surface area contributed by atoms with E-state index in [1.165, 1.54) is 10.4 Å². The fourth-order valence-corrected chi connectivity index (χ4v) is 3.40. The van der Waals surface area contributed by atoms with E-state index in [1.54, 1.807) is 23.3 Å². The standard InChI is InChI=1S/C16H26N4O2S/c1-4-22-16(21)20-8-5-13(6-9-20)19-15(17-3)18-11-14-12(2)7-10-23-14/h7,10,13H,4-6,8-9,11H2,1-3H3,(H2,17,18,19). The molecule has 23 heavy (non-hydrogen) atoms. The van der Waals surface area contributed by atoms with Gasteiger partial charge in [0.25, 0.3) is 0 Å². The van der Waals surface area contributed by atoms with Gasteiger partial charge in [-0.25, -0.2) is 4.79 Å². The number of amides is 1. The zero-order valence-corrected chi connectivity index (χ0v) is 14.9. The van der Waals surface area contributed by atoms with Gasteiger partial charge in [0.05, 0.1) is 13.2 Å². The lowest BCUT2D eigenvalue weighted by Gasteiger charge is -2.32. The Hall–Kier alpha value is -1.76. The van der Waals surface area contributed by atoms with Crippen molar-refractivity contribution in [2.75, 3.05) is 26.7 Å². The average molecular weight is 338 g/mol. The fourth-order valence-electron chi connectivity index (χ4n) is 2.56. The van der Waals surface area contributed by atoms with Gasteiger partial charge in [-0.1, -0.05) is 0 Å². The van der Waals surface area contributed by atoms with Crippen molar-refractivity contribution in [1.82, 2.24) is 15.5 Å². The number of guanidine groups is 1. The van der Waals surface area contributed by atoms with Crippen molar-refractivity contribution >= 4 is 23.4 Å². The van der Waals surface area contributed by atoms with Crippen molar-refractivity contribution in [2.45, 2.75) is 39.3 Å². The van der Waals surface area contributed by atoms with Crippen molar-refractivity contribution < 1.29 is 9.53 Å². The van der Waals surface area contributed by atoms with E-state index in [9.17, 15) is 4.79 Å². The Morgan fingerprint density at radius 1 is 1.48 bits per heavy atom. The van der Waals surface area contributed by atoms with Crippen LogP contribution in [0.5, 0.6) is 0 Å². The molecule has 0 aromatic carbocycles. The maximum Gasteiger partial charge on any atom is 0.409 e. The van der Waals surface area contributed by atoms with E-state index in [0.29, 0.717) is 12.6 Å². The normalized spacial score (nSPS) is 16.3. The molecule has 0 unspecified atom stereocenters. The summed E-state index contributed by atoms with van der Waals surface area (Å²) in [6.07, 6.45) is 1.59. The van der Waals surface area contributed by atoms with Crippen molar-refractivity contribution in [3.05, 3.63) is 21.9 Å². The van der Waals surface area contributed by atoms with E-state index < -0.39 is 0 Å². The summed E-state index contributed by atoms with van der Waals surface area (Å²) in [6.45, 7) is 6.60. The van der Waals surface area contributed by atoms with Gasteiger partial charge in [0.15, 0.2) is 5.96 Å². The fraction of sp³-hybridized carbons (Fsp3) is 0.625. The molecule has 0 aliphatic carbocycles. The molecule has 1 aromatic rings. The average Bonchev–Trinajstić information content (AvgIpc) is 2.97. The minimum absolute atomic E-state index is 0.207. The monoisotopic (exact) mass is 338 g/mol. The summed E-state index contributed by atoms with van der Waals surface area (Å²) in [5.41, 5.74) is 1.31. The molecule has 1 aromatic heterocycles. The first-order valence-electron chi connectivity index (χ1n) is 8.06. The Labute approximate surface area is 141 Å². The lowest BCUT2D eigenvalue weighted by molar-refractivity contribution is 0.0963. The third kappa shape index (κ3) is 5.13. The lowest BCUT2D eigenvalue weighted by atomic mass is 10.1. The number of aryl methyl sites for hydroxylation is 1. The molecule has 2 heterocycles. The molecule has 7 heteroatoms. The number of piperidine rings is 1. The van der Waals surface area contributed by atoms with Crippen LogP contribution in [-0.4, -0.2) is 49.7 Å². The molecule has 0 radical (unpaired) electrons. The maximum absolute atomic E-state index is 11.7. The van der Waals surface area contributed by atoms with E-state index in [4.69, 9.17) is 4.74 Å². The lowest BCUT2D eigenvalue weighted by Crippen LogP contribution is -2.49. The number of ether oxygens (including phenoxy) is 1.